The third-order valence-electron chi connectivity index (χ3n) is 6.35. The van der Waals surface area contributed by atoms with Crippen LogP contribution in [0.15, 0.2) is 39.9 Å². The number of imidazole rings is 1. The summed E-state index contributed by atoms with van der Waals surface area (Å²) in [5, 5.41) is 16.7. The first kappa shape index (κ1) is 37.9. The predicted octanol–water partition coefficient (Wildman–Crippen LogP) is -6.25. The van der Waals surface area contributed by atoms with Gasteiger partial charge >= 0.3 is 108 Å². The molecule has 1 aromatic carbocycles. The number of rotatable bonds is 8. The molecule has 3 aromatic rings. The van der Waals surface area contributed by atoms with E-state index in [1.165, 1.54) is 11.6 Å². The number of carbonyl (C=O) groups excluding carboxylic acids is 1. The minimum absolute atomic E-state index is 0. The third-order valence-corrected chi connectivity index (χ3v) is 8.05. The van der Waals surface area contributed by atoms with Gasteiger partial charge in [-0.25, -0.2) is 4.79 Å². The van der Waals surface area contributed by atoms with E-state index in [-0.39, 0.29) is 121 Å². The summed E-state index contributed by atoms with van der Waals surface area (Å²) >= 11 is 0. The maximum atomic E-state index is 13.3. The first-order valence-electron chi connectivity index (χ1n) is 12.6. The number of anilines is 1. The molecule has 3 heterocycles. The number of benzene rings is 1. The number of nitrogens with zero attached hydrogens (tertiary/aromatic N) is 5. The van der Waals surface area contributed by atoms with Crippen molar-refractivity contribution in [3.05, 3.63) is 56.7 Å². The molecule has 0 bridgehead atoms. The van der Waals surface area contributed by atoms with Crippen LogP contribution in [0.5, 0.6) is 0 Å². The second kappa shape index (κ2) is 17.2. The van der Waals surface area contributed by atoms with E-state index < -0.39 is 19.9 Å². The van der Waals surface area contributed by atoms with E-state index in [9.17, 15) is 9.59 Å². The maximum Gasteiger partial charge on any atom is 1.00 e. The third kappa shape index (κ3) is 10.5. The van der Waals surface area contributed by atoms with Crippen molar-refractivity contribution in [2.45, 2.75) is 57.8 Å². The van der Waals surface area contributed by atoms with Crippen LogP contribution in [0.2, 0.25) is 25.7 Å². The van der Waals surface area contributed by atoms with Gasteiger partial charge in [-0.05, 0) is 30.6 Å². The van der Waals surface area contributed by atoms with E-state index in [0.29, 0.717) is 36.8 Å². The summed E-state index contributed by atoms with van der Waals surface area (Å²) in [6, 6.07) is 11.0. The molecule has 40 heavy (non-hydrogen) atoms. The maximum absolute atomic E-state index is 13.3. The normalized spacial score (nSPS) is 15.0. The molecule has 0 amide bonds. The SMILES string of the molecule is Cn1c(=O)c2c(nc(N3CCCC(N)C3)n2Cc2ccccc2)n(COCC[Si](C)(C)C)c1=O.O=C([O-])[O-].[K+].[K+]. The Hall–Kier alpha value is -0.150. The monoisotopic (exact) mass is 622 g/mol. The fraction of sp³-hybridized carbons (Fsp3) is 0.520. The summed E-state index contributed by atoms with van der Waals surface area (Å²) in [7, 11) is 0.247. The van der Waals surface area contributed by atoms with E-state index >= 15 is 0 Å². The molecule has 2 aromatic heterocycles. The quantitative estimate of drug-likeness (QED) is 0.190. The fourth-order valence-corrected chi connectivity index (χ4v) is 5.10. The van der Waals surface area contributed by atoms with Crippen LogP contribution in [0.25, 0.3) is 11.2 Å². The molecule has 1 saturated heterocycles. The minimum Gasteiger partial charge on any atom is -0.652 e. The molecular formula is C25H36K2N6O6Si. The topological polar surface area (TPSA) is 164 Å². The Labute approximate surface area is 319 Å². The van der Waals surface area contributed by atoms with E-state index in [1.807, 2.05) is 34.9 Å². The summed E-state index contributed by atoms with van der Waals surface area (Å²) in [5.74, 6) is 0.674. The van der Waals surface area contributed by atoms with Gasteiger partial charge in [0.2, 0.25) is 5.95 Å². The molecule has 0 saturated carbocycles. The molecule has 2 N–H and O–H groups in total. The summed E-state index contributed by atoms with van der Waals surface area (Å²) in [4.78, 5) is 41.8. The zero-order valence-corrected chi connectivity index (χ0v) is 31.6. The molecule has 15 heteroatoms. The molecule has 0 radical (unpaired) electrons. The Morgan fingerprint density at radius 2 is 1.75 bits per heavy atom. The first-order chi connectivity index (χ1) is 17.9. The van der Waals surface area contributed by atoms with Gasteiger partial charge in [0.1, 0.15) is 6.73 Å². The van der Waals surface area contributed by atoms with Crippen molar-refractivity contribution < 1.29 is 123 Å². The van der Waals surface area contributed by atoms with Crippen molar-refractivity contribution >= 4 is 31.3 Å². The number of piperidine rings is 1. The van der Waals surface area contributed by atoms with Gasteiger partial charge in [-0.15, -0.1) is 0 Å². The molecule has 1 unspecified atom stereocenters. The van der Waals surface area contributed by atoms with Gasteiger partial charge in [0, 0.05) is 40.9 Å². The predicted molar refractivity (Wildman–Crippen MR) is 144 cm³/mol. The average Bonchev–Trinajstić information content (AvgIpc) is 3.21. The summed E-state index contributed by atoms with van der Waals surface area (Å²) < 4.78 is 10.5. The van der Waals surface area contributed by atoms with E-state index in [1.54, 1.807) is 0 Å². The zero-order chi connectivity index (χ0) is 28.0. The van der Waals surface area contributed by atoms with Crippen LogP contribution in [0.1, 0.15) is 18.4 Å². The van der Waals surface area contributed by atoms with Gasteiger partial charge in [0.15, 0.2) is 11.2 Å². The van der Waals surface area contributed by atoms with Gasteiger partial charge in [0.25, 0.3) is 5.56 Å². The Bertz CT molecular complexity index is 1370. The Morgan fingerprint density at radius 1 is 1.12 bits per heavy atom. The van der Waals surface area contributed by atoms with E-state index in [0.717, 1.165) is 35.6 Å². The van der Waals surface area contributed by atoms with Gasteiger partial charge in [-0.3, -0.25) is 18.5 Å². The van der Waals surface area contributed by atoms with Gasteiger partial charge in [0.05, 0.1) is 6.54 Å². The minimum atomic E-state index is -2.33. The Kier molecular flexibility index (Phi) is 16.3. The standard InChI is InChI=1S/C24H36N6O3Si.CH2O3.2K/c1-27-22(31)20-21(30(24(27)32)17-33-13-14-34(2,3)4)26-23(28-12-8-11-19(25)16-28)29(20)15-18-9-6-5-7-10-18;2-1(3)4;;/h5-7,9-10,19H,8,11-17,25H2,1-4H3;(H2,2,3,4);;/q;;2*+1/p-2. The number of carbonyl (C=O) groups is 1. The molecule has 0 aliphatic carbocycles. The molecule has 1 aliphatic rings. The second-order valence-corrected chi connectivity index (χ2v) is 16.3. The number of aromatic nitrogens is 4. The molecule has 1 aliphatic heterocycles. The van der Waals surface area contributed by atoms with Gasteiger partial charge < -0.3 is 30.4 Å². The van der Waals surface area contributed by atoms with Crippen LogP contribution < -0.4 is 135 Å². The molecule has 0 spiro atoms. The molecule has 208 valence electrons. The van der Waals surface area contributed by atoms with Crippen LogP contribution in [0.4, 0.5) is 10.7 Å². The van der Waals surface area contributed by atoms with Crippen molar-refractivity contribution in [2.75, 3.05) is 24.6 Å². The smallest absolute Gasteiger partial charge is 0.652 e. The van der Waals surface area contributed by atoms with Crippen LogP contribution in [0.3, 0.4) is 0 Å². The number of nitrogens with two attached hydrogens (primary N) is 1. The van der Waals surface area contributed by atoms with Crippen LogP contribution in [0, 0.1) is 0 Å². The number of ether oxygens (including phenoxy) is 1. The zero-order valence-electron chi connectivity index (χ0n) is 24.4. The molecule has 1 atom stereocenters. The van der Waals surface area contributed by atoms with Crippen LogP contribution in [-0.4, -0.2) is 58.7 Å². The van der Waals surface area contributed by atoms with Crippen molar-refractivity contribution in [3.8, 4) is 0 Å². The number of fused-ring (bicyclic) bond motifs is 1. The first-order valence-corrected chi connectivity index (χ1v) is 16.3. The summed E-state index contributed by atoms with van der Waals surface area (Å²) in [6.07, 6.45) is -0.410. The molecule has 4 rings (SSSR count). The molecule has 1 fully saturated rings. The van der Waals surface area contributed by atoms with E-state index in [2.05, 4.69) is 24.5 Å². The Balaban J connectivity index is 0.00000125. The second-order valence-electron chi connectivity index (χ2n) is 10.7. The largest absolute Gasteiger partial charge is 1.00 e. The van der Waals surface area contributed by atoms with Crippen molar-refractivity contribution in [2.24, 2.45) is 12.8 Å². The number of hydrogen-bond donors (Lipinski definition) is 1. The van der Waals surface area contributed by atoms with Gasteiger partial charge in [-0.1, -0.05) is 50.0 Å². The summed E-state index contributed by atoms with van der Waals surface area (Å²) in [5.41, 5.74) is 7.32. The van der Waals surface area contributed by atoms with Crippen LogP contribution >= 0.6 is 0 Å². The fourth-order valence-electron chi connectivity index (χ4n) is 4.34. The van der Waals surface area contributed by atoms with Crippen molar-refractivity contribution in [3.63, 3.8) is 0 Å². The van der Waals surface area contributed by atoms with Crippen molar-refractivity contribution in [1.82, 2.24) is 18.7 Å². The van der Waals surface area contributed by atoms with Crippen LogP contribution in [-0.2, 0) is 25.1 Å². The number of hydrogen-bond acceptors (Lipinski definition) is 9. The molecular weight excluding hydrogens is 587 g/mol. The van der Waals surface area contributed by atoms with Crippen molar-refractivity contribution in [1.29, 1.82) is 0 Å². The Morgan fingerprint density at radius 3 is 2.33 bits per heavy atom. The number of carboxylic acid groups (broad SMARTS) is 2. The summed E-state index contributed by atoms with van der Waals surface area (Å²) in [6.45, 7) is 9.44. The van der Waals surface area contributed by atoms with E-state index in [4.69, 9.17) is 30.5 Å². The average molecular weight is 623 g/mol. The molecule has 12 nitrogen and oxygen atoms in total. The van der Waals surface area contributed by atoms with Gasteiger partial charge in [-0.2, -0.15) is 4.98 Å².